The van der Waals surface area contributed by atoms with Crippen molar-refractivity contribution < 1.29 is 27.5 Å². The summed E-state index contributed by atoms with van der Waals surface area (Å²) in [6.45, 7) is 1.97. The summed E-state index contributed by atoms with van der Waals surface area (Å²) in [5, 5.41) is 11.9. The summed E-state index contributed by atoms with van der Waals surface area (Å²) in [4.78, 5) is 23.9. The maximum Gasteiger partial charge on any atom is 0.330 e. The SMILES string of the molecule is Cc1cc(C(NC(=O)C2CCN(S(C)(=O)=O)CC2)C(=O)O)ccc1F. The van der Waals surface area contributed by atoms with Crippen LogP contribution in [0.1, 0.15) is 30.0 Å². The van der Waals surface area contributed by atoms with Crippen molar-refractivity contribution in [1.29, 1.82) is 0 Å². The number of sulfonamides is 1. The monoisotopic (exact) mass is 372 g/mol. The lowest BCUT2D eigenvalue weighted by Gasteiger charge is -2.30. The predicted molar refractivity (Wildman–Crippen MR) is 88.8 cm³/mol. The molecule has 1 heterocycles. The molecule has 1 aromatic rings. The van der Waals surface area contributed by atoms with E-state index in [-0.39, 0.29) is 18.7 Å². The number of hydrogen-bond acceptors (Lipinski definition) is 4. The van der Waals surface area contributed by atoms with Crippen molar-refractivity contribution in [3.63, 3.8) is 0 Å². The highest BCUT2D eigenvalue weighted by atomic mass is 32.2. The van der Waals surface area contributed by atoms with Crippen molar-refractivity contribution in [2.24, 2.45) is 5.92 Å². The van der Waals surface area contributed by atoms with Gasteiger partial charge in [-0.1, -0.05) is 12.1 Å². The number of carbonyl (C=O) groups excluding carboxylic acids is 1. The van der Waals surface area contributed by atoms with E-state index in [1.807, 2.05) is 0 Å². The zero-order valence-corrected chi connectivity index (χ0v) is 14.8. The summed E-state index contributed by atoms with van der Waals surface area (Å²) >= 11 is 0. The quantitative estimate of drug-likeness (QED) is 0.804. The van der Waals surface area contributed by atoms with Crippen molar-refractivity contribution in [3.8, 4) is 0 Å². The summed E-state index contributed by atoms with van der Waals surface area (Å²) in [6, 6.07) is 2.60. The van der Waals surface area contributed by atoms with Gasteiger partial charge in [0.25, 0.3) is 0 Å². The molecule has 0 aliphatic carbocycles. The molecule has 7 nitrogen and oxygen atoms in total. The Morgan fingerprint density at radius 1 is 1.32 bits per heavy atom. The van der Waals surface area contributed by atoms with Crippen LogP contribution < -0.4 is 5.32 Å². The lowest BCUT2D eigenvalue weighted by Crippen LogP contribution is -2.44. The molecule has 1 unspecified atom stereocenters. The molecule has 0 spiro atoms. The first-order chi connectivity index (χ1) is 11.6. The van der Waals surface area contributed by atoms with Gasteiger partial charge < -0.3 is 10.4 Å². The minimum atomic E-state index is -3.29. The maximum absolute atomic E-state index is 13.4. The van der Waals surface area contributed by atoms with Crippen molar-refractivity contribution in [2.75, 3.05) is 19.3 Å². The Hall–Kier alpha value is -2.00. The minimum absolute atomic E-state index is 0.227. The molecule has 1 amide bonds. The second kappa shape index (κ2) is 7.49. The van der Waals surface area contributed by atoms with E-state index in [1.165, 1.54) is 23.4 Å². The first-order valence-corrected chi connectivity index (χ1v) is 9.68. The summed E-state index contributed by atoms with van der Waals surface area (Å²) in [5.41, 5.74) is 0.577. The number of piperidine rings is 1. The van der Waals surface area contributed by atoms with Crippen LogP contribution in [0.15, 0.2) is 18.2 Å². The number of carbonyl (C=O) groups is 2. The number of rotatable bonds is 5. The largest absolute Gasteiger partial charge is 0.479 e. The number of aliphatic carboxylic acids is 1. The van der Waals surface area contributed by atoms with E-state index >= 15 is 0 Å². The van der Waals surface area contributed by atoms with Crippen molar-refractivity contribution >= 4 is 21.9 Å². The topological polar surface area (TPSA) is 104 Å². The predicted octanol–water partition coefficient (Wildman–Crippen LogP) is 1.05. The van der Waals surface area contributed by atoms with E-state index in [1.54, 1.807) is 0 Å². The van der Waals surface area contributed by atoms with Gasteiger partial charge in [-0.2, -0.15) is 0 Å². The van der Waals surface area contributed by atoms with Crippen LogP contribution in [0.3, 0.4) is 0 Å². The molecular formula is C16H21FN2O5S. The van der Waals surface area contributed by atoms with Gasteiger partial charge in [0.15, 0.2) is 6.04 Å². The molecule has 0 aromatic heterocycles. The third kappa shape index (κ3) is 4.76. The Balaban J connectivity index is 2.06. The second-order valence-electron chi connectivity index (χ2n) is 6.22. The number of aryl methyl sites for hydroxylation is 1. The highest BCUT2D eigenvalue weighted by Crippen LogP contribution is 2.22. The molecule has 9 heteroatoms. The number of hydrogen-bond donors (Lipinski definition) is 2. The Morgan fingerprint density at radius 3 is 2.40 bits per heavy atom. The fourth-order valence-corrected chi connectivity index (χ4v) is 3.72. The molecule has 138 valence electrons. The molecule has 1 atom stereocenters. The maximum atomic E-state index is 13.4. The number of benzene rings is 1. The molecule has 1 saturated heterocycles. The third-order valence-corrected chi connectivity index (χ3v) is 5.65. The highest BCUT2D eigenvalue weighted by molar-refractivity contribution is 7.88. The van der Waals surface area contributed by atoms with E-state index < -0.39 is 39.7 Å². The van der Waals surface area contributed by atoms with Gasteiger partial charge in [0.1, 0.15) is 5.82 Å². The van der Waals surface area contributed by atoms with Gasteiger partial charge in [-0.05, 0) is 37.0 Å². The fourth-order valence-electron chi connectivity index (χ4n) is 2.84. The van der Waals surface area contributed by atoms with E-state index in [0.717, 1.165) is 12.3 Å². The Kier molecular flexibility index (Phi) is 5.79. The lowest BCUT2D eigenvalue weighted by atomic mass is 9.96. The first kappa shape index (κ1) is 19.3. The van der Waals surface area contributed by atoms with Crippen LogP contribution in [0.4, 0.5) is 4.39 Å². The first-order valence-electron chi connectivity index (χ1n) is 7.84. The molecule has 25 heavy (non-hydrogen) atoms. The van der Waals surface area contributed by atoms with Crippen molar-refractivity contribution in [1.82, 2.24) is 9.62 Å². The Labute approximate surface area is 145 Å². The molecule has 1 fully saturated rings. The molecule has 0 saturated carbocycles. The number of nitrogens with zero attached hydrogens (tertiary/aromatic N) is 1. The lowest BCUT2D eigenvalue weighted by molar-refractivity contribution is -0.142. The van der Waals surface area contributed by atoms with E-state index in [2.05, 4.69) is 5.32 Å². The highest BCUT2D eigenvalue weighted by Gasteiger charge is 2.31. The molecule has 0 radical (unpaired) electrons. The molecule has 1 aliphatic rings. The van der Waals surface area contributed by atoms with Crippen molar-refractivity contribution in [2.45, 2.75) is 25.8 Å². The number of carboxylic acids is 1. The van der Waals surface area contributed by atoms with Crippen LogP contribution in [-0.4, -0.2) is 49.1 Å². The van der Waals surface area contributed by atoms with Gasteiger partial charge >= 0.3 is 5.97 Å². The van der Waals surface area contributed by atoms with Crippen LogP contribution in [0.2, 0.25) is 0 Å². The average Bonchev–Trinajstić information content (AvgIpc) is 2.54. The molecule has 2 rings (SSSR count). The van der Waals surface area contributed by atoms with Crippen LogP contribution in [0.5, 0.6) is 0 Å². The van der Waals surface area contributed by atoms with Gasteiger partial charge in [-0.15, -0.1) is 0 Å². The summed E-state index contributed by atoms with van der Waals surface area (Å²) < 4.78 is 37.6. The van der Waals surface area contributed by atoms with Gasteiger partial charge in [-0.3, -0.25) is 4.79 Å². The van der Waals surface area contributed by atoms with Crippen LogP contribution in [0, 0.1) is 18.7 Å². The molecule has 0 bridgehead atoms. The Morgan fingerprint density at radius 2 is 1.92 bits per heavy atom. The van der Waals surface area contributed by atoms with E-state index in [4.69, 9.17) is 0 Å². The average molecular weight is 372 g/mol. The normalized spacial score (nSPS) is 17.9. The second-order valence-corrected chi connectivity index (χ2v) is 8.21. The fraction of sp³-hybridized carbons (Fsp3) is 0.500. The zero-order chi connectivity index (χ0) is 18.8. The summed E-state index contributed by atoms with van der Waals surface area (Å²) in [5.74, 6) is -2.59. The molecule has 1 aromatic carbocycles. The molecule has 2 N–H and O–H groups in total. The summed E-state index contributed by atoms with van der Waals surface area (Å²) in [7, 11) is -3.29. The molecule has 1 aliphatic heterocycles. The van der Waals surface area contributed by atoms with Gasteiger partial charge in [0.05, 0.1) is 6.26 Å². The van der Waals surface area contributed by atoms with Gasteiger partial charge in [-0.25, -0.2) is 21.9 Å². The number of nitrogens with one attached hydrogen (secondary N) is 1. The van der Waals surface area contributed by atoms with Gasteiger partial charge in [0, 0.05) is 19.0 Å². The van der Waals surface area contributed by atoms with Crippen LogP contribution in [-0.2, 0) is 19.6 Å². The van der Waals surface area contributed by atoms with Crippen LogP contribution in [0.25, 0.3) is 0 Å². The Bertz CT molecular complexity index is 773. The number of amides is 1. The van der Waals surface area contributed by atoms with Crippen LogP contribution >= 0.6 is 0 Å². The van der Waals surface area contributed by atoms with E-state index in [0.29, 0.717) is 18.4 Å². The zero-order valence-electron chi connectivity index (χ0n) is 14.0. The smallest absolute Gasteiger partial charge is 0.330 e. The standard InChI is InChI=1S/C16H21FN2O5S/c1-10-9-12(3-4-13(10)17)14(16(21)22)18-15(20)11-5-7-19(8-6-11)25(2,23)24/h3-4,9,11,14H,5-8H2,1-2H3,(H,18,20)(H,21,22). The number of halogens is 1. The number of carboxylic acid groups (broad SMARTS) is 1. The molecular weight excluding hydrogens is 351 g/mol. The van der Waals surface area contributed by atoms with E-state index in [9.17, 15) is 27.5 Å². The van der Waals surface area contributed by atoms with Crippen molar-refractivity contribution in [3.05, 3.63) is 35.1 Å². The minimum Gasteiger partial charge on any atom is -0.479 e. The summed E-state index contributed by atoms with van der Waals surface area (Å²) in [6.07, 6.45) is 1.77. The van der Waals surface area contributed by atoms with Gasteiger partial charge in [0.2, 0.25) is 15.9 Å². The third-order valence-electron chi connectivity index (χ3n) is 4.34.